The second-order valence-corrected chi connectivity index (χ2v) is 15.8. The predicted molar refractivity (Wildman–Crippen MR) is 243 cm³/mol. The van der Waals surface area contributed by atoms with Crippen molar-refractivity contribution in [3.63, 3.8) is 0 Å². The van der Waals surface area contributed by atoms with E-state index in [-0.39, 0.29) is 10.8 Å². The van der Waals surface area contributed by atoms with Gasteiger partial charge in [0.2, 0.25) is 0 Å². The maximum Gasteiger partial charge on any atom is 0.0541 e. The molecule has 7 aromatic carbocycles. The van der Waals surface area contributed by atoms with Crippen LogP contribution in [-0.2, 0) is 10.8 Å². The largest absolute Gasteiger partial charge is 0.309 e. The van der Waals surface area contributed by atoms with E-state index in [0.29, 0.717) is 0 Å². The number of nitrogens with zero attached hydrogens (tertiary/aromatic N) is 1. The first-order chi connectivity index (χ1) is 25.8. The lowest BCUT2D eigenvalue weighted by molar-refractivity contribution is 0.590. The smallest absolute Gasteiger partial charge is 0.0541 e. The lowest BCUT2D eigenvalue weighted by Crippen LogP contribution is -2.10. The Kier molecular flexibility index (Phi) is 14.1. The van der Waals surface area contributed by atoms with Crippen molar-refractivity contribution in [3.8, 4) is 5.69 Å². The first-order valence-corrected chi connectivity index (χ1v) is 19.9. The number of benzene rings is 7. The van der Waals surface area contributed by atoms with E-state index < -0.39 is 0 Å². The van der Waals surface area contributed by atoms with Gasteiger partial charge in [0.05, 0.1) is 11.0 Å². The van der Waals surface area contributed by atoms with Crippen molar-refractivity contribution >= 4 is 43.4 Å². The number of aryl methyl sites for hydroxylation is 3. The van der Waals surface area contributed by atoms with Gasteiger partial charge in [-0.05, 0) is 106 Å². The van der Waals surface area contributed by atoms with Crippen LogP contribution in [0.25, 0.3) is 49.0 Å². The molecule has 8 rings (SSSR count). The summed E-state index contributed by atoms with van der Waals surface area (Å²) in [5, 5.41) is 8.01. The maximum absolute atomic E-state index is 2.41. The highest BCUT2D eigenvalue weighted by molar-refractivity contribution is 6.10. The normalized spacial score (nSPS) is 11.1. The number of rotatable bonds is 1. The number of fused-ring (bicyclic) bond motifs is 5. The third-order valence-electron chi connectivity index (χ3n) is 9.70. The van der Waals surface area contributed by atoms with Gasteiger partial charge in [0, 0.05) is 16.5 Å². The molecule has 0 aliphatic rings. The molecule has 0 amide bonds. The molecular weight excluding hydrogens is 651 g/mol. The summed E-state index contributed by atoms with van der Waals surface area (Å²) < 4.78 is 2.41. The van der Waals surface area contributed by atoms with Gasteiger partial charge in [-0.2, -0.15) is 0 Å². The average molecular weight is 714 g/mol. The third-order valence-corrected chi connectivity index (χ3v) is 9.70. The van der Waals surface area contributed by atoms with Crippen molar-refractivity contribution in [2.24, 2.45) is 0 Å². The van der Waals surface area contributed by atoms with E-state index in [1.54, 1.807) is 0 Å². The second-order valence-electron chi connectivity index (χ2n) is 15.8. The van der Waals surface area contributed by atoms with E-state index >= 15 is 0 Å². The molecule has 0 aliphatic heterocycles. The van der Waals surface area contributed by atoms with Gasteiger partial charge < -0.3 is 4.57 Å². The molecule has 1 nitrogen and oxygen atoms in total. The van der Waals surface area contributed by atoms with Crippen LogP contribution in [0.2, 0.25) is 0 Å². The summed E-state index contributed by atoms with van der Waals surface area (Å²) in [5.41, 5.74) is 10.8. The first kappa shape index (κ1) is 41.6. The third kappa shape index (κ3) is 9.88. The van der Waals surface area contributed by atoms with Gasteiger partial charge in [-0.1, -0.05) is 190 Å². The molecule has 0 radical (unpaired) electrons. The van der Waals surface area contributed by atoms with Crippen LogP contribution >= 0.6 is 0 Å². The van der Waals surface area contributed by atoms with Gasteiger partial charge in [0.25, 0.3) is 0 Å². The van der Waals surface area contributed by atoms with Gasteiger partial charge in [-0.25, -0.2) is 0 Å². The monoisotopic (exact) mass is 713 g/mol. The summed E-state index contributed by atoms with van der Waals surface area (Å²) in [6.45, 7) is 28.1. The summed E-state index contributed by atoms with van der Waals surface area (Å²) in [6.07, 6.45) is 0. The lowest BCUT2D eigenvalue weighted by Gasteiger charge is -2.19. The fraction of sp³-hybridized carbons (Fsp3) is 0.283. The summed E-state index contributed by atoms with van der Waals surface area (Å²) in [7, 11) is 0. The van der Waals surface area contributed by atoms with E-state index in [1.165, 1.54) is 76.9 Å². The molecule has 0 N–H and O–H groups in total. The van der Waals surface area contributed by atoms with Crippen LogP contribution in [0, 0.1) is 20.8 Å². The molecule has 0 aliphatic carbocycles. The summed E-state index contributed by atoms with van der Waals surface area (Å²) in [6, 6.07) is 52.5. The zero-order valence-electron chi connectivity index (χ0n) is 35.3. The molecular formula is C53H63N. The highest BCUT2D eigenvalue weighted by Crippen LogP contribution is 2.37. The number of hydrogen-bond donors (Lipinski definition) is 0. The van der Waals surface area contributed by atoms with Crippen LogP contribution in [-0.4, -0.2) is 4.57 Å². The van der Waals surface area contributed by atoms with Crippen LogP contribution < -0.4 is 0 Å². The van der Waals surface area contributed by atoms with Crippen molar-refractivity contribution in [2.75, 3.05) is 0 Å². The fourth-order valence-corrected chi connectivity index (χ4v) is 6.62. The molecule has 54 heavy (non-hydrogen) atoms. The van der Waals surface area contributed by atoms with Crippen LogP contribution in [0.5, 0.6) is 0 Å². The topological polar surface area (TPSA) is 4.93 Å². The molecule has 0 unspecified atom stereocenters. The average Bonchev–Trinajstić information content (AvgIpc) is 3.50. The number of aromatic nitrogens is 1. The molecule has 280 valence electrons. The maximum atomic E-state index is 2.41. The SMILES string of the molecule is CC.CC.Cc1ccc(-n2c3ccc(C(C)(C)C)cc3c3cc(C(C)(C)C)ccc32)cc1.Cc1ccc2ccccc2c1.Cc1cccc2ccccc12. The summed E-state index contributed by atoms with van der Waals surface area (Å²) in [4.78, 5) is 0. The molecule has 0 fully saturated rings. The molecule has 8 aromatic rings. The number of hydrogen-bond acceptors (Lipinski definition) is 0. The standard InChI is InChI=1S/C27H31N.2C11H10.2C2H6/c1-18-8-12-21(13-9-18)28-24-14-10-19(26(2,3)4)16-22(24)23-17-20(27(5,6)7)11-15-25(23)28;1-9-5-4-7-10-6-2-3-8-11(9)10;1-9-6-7-10-4-2-3-5-11(10)8-9;2*1-2/h8-17H,1-7H3;2*2-8H,1H3;2*1-2H3. The molecule has 0 spiro atoms. The summed E-state index contributed by atoms with van der Waals surface area (Å²) in [5.74, 6) is 0. The van der Waals surface area contributed by atoms with Gasteiger partial charge >= 0.3 is 0 Å². The van der Waals surface area contributed by atoms with E-state index in [1.807, 2.05) is 27.7 Å². The Balaban J connectivity index is 0.000000204. The van der Waals surface area contributed by atoms with Gasteiger partial charge in [0.1, 0.15) is 0 Å². The zero-order chi connectivity index (χ0) is 39.6. The zero-order valence-corrected chi connectivity index (χ0v) is 35.3. The molecule has 0 saturated heterocycles. The van der Waals surface area contributed by atoms with Crippen LogP contribution in [0.3, 0.4) is 0 Å². The van der Waals surface area contributed by atoms with Crippen molar-refractivity contribution in [1.82, 2.24) is 4.57 Å². The summed E-state index contributed by atoms with van der Waals surface area (Å²) >= 11 is 0. The van der Waals surface area contributed by atoms with Gasteiger partial charge in [0.15, 0.2) is 0 Å². The Bertz CT molecular complexity index is 2320. The van der Waals surface area contributed by atoms with Crippen molar-refractivity contribution < 1.29 is 0 Å². The van der Waals surface area contributed by atoms with E-state index in [2.05, 4.69) is 212 Å². The quantitative estimate of drug-likeness (QED) is 0.160. The molecule has 1 aromatic heterocycles. The van der Waals surface area contributed by atoms with Crippen molar-refractivity contribution in [3.05, 3.63) is 173 Å². The molecule has 1 heterocycles. The lowest BCUT2D eigenvalue weighted by atomic mass is 9.85. The van der Waals surface area contributed by atoms with Gasteiger partial charge in [-0.15, -0.1) is 0 Å². The van der Waals surface area contributed by atoms with E-state index in [4.69, 9.17) is 0 Å². The van der Waals surface area contributed by atoms with Crippen LogP contribution in [0.4, 0.5) is 0 Å². The second kappa shape index (κ2) is 18.3. The Hall–Kier alpha value is -5.14. The van der Waals surface area contributed by atoms with Crippen LogP contribution in [0.1, 0.15) is 97.1 Å². The predicted octanol–water partition coefficient (Wildman–Crippen LogP) is 16.0. The molecule has 0 bridgehead atoms. The highest BCUT2D eigenvalue weighted by Gasteiger charge is 2.20. The molecule has 1 heteroatoms. The Morgan fingerprint density at radius 2 is 0.833 bits per heavy atom. The minimum atomic E-state index is 0.133. The van der Waals surface area contributed by atoms with Crippen LogP contribution in [0.15, 0.2) is 146 Å². The van der Waals surface area contributed by atoms with Crippen molar-refractivity contribution in [2.45, 2.75) is 101 Å². The van der Waals surface area contributed by atoms with Gasteiger partial charge in [-0.3, -0.25) is 0 Å². The Labute approximate surface area is 326 Å². The Morgan fingerprint density at radius 3 is 1.35 bits per heavy atom. The fourth-order valence-electron chi connectivity index (χ4n) is 6.62. The van der Waals surface area contributed by atoms with E-state index in [9.17, 15) is 0 Å². The molecule has 0 atom stereocenters. The highest BCUT2D eigenvalue weighted by atomic mass is 15.0. The van der Waals surface area contributed by atoms with Crippen molar-refractivity contribution in [1.29, 1.82) is 0 Å². The minimum absolute atomic E-state index is 0.133. The minimum Gasteiger partial charge on any atom is -0.309 e. The molecule has 0 saturated carbocycles. The first-order valence-electron chi connectivity index (χ1n) is 19.9. The Morgan fingerprint density at radius 1 is 0.370 bits per heavy atom. The van der Waals surface area contributed by atoms with E-state index in [0.717, 1.165) is 0 Å².